The smallest absolute Gasteiger partial charge is 0.306 e. The van der Waals surface area contributed by atoms with Gasteiger partial charge in [-0.05, 0) is 31.2 Å². The van der Waals surface area contributed by atoms with Gasteiger partial charge in [-0.1, -0.05) is 27.7 Å². The summed E-state index contributed by atoms with van der Waals surface area (Å²) in [6.45, 7) is 8.86. The summed E-state index contributed by atoms with van der Waals surface area (Å²) in [6.07, 6.45) is 2.19. The average molecular weight is 269 g/mol. The fourth-order valence-electron chi connectivity index (χ4n) is 2.38. The molecule has 0 saturated carbocycles. The molecule has 0 bridgehead atoms. The van der Waals surface area contributed by atoms with Gasteiger partial charge in [0.2, 0.25) is 0 Å². The lowest BCUT2D eigenvalue weighted by Crippen LogP contribution is -2.44. The Balaban J connectivity index is 2.63. The molecule has 0 aromatic rings. The van der Waals surface area contributed by atoms with Crippen LogP contribution in [-0.2, 0) is 14.3 Å². The van der Waals surface area contributed by atoms with Crippen LogP contribution in [-0.4, -0.2) is 30.4 Å². The molecule has 1 heterocycles. The SMILES string of the molecule is CC(C)CC(=O)OC(C(=O)CC(C)C)C1CCCN1. The van der Waals surface area contributed by atoms with E-state index in [0.717, 1.165) is 19.4 Å². The lowest BCUT2D eigenvalue weighted by Gasteiger charge is -2.24. The van der Waals surface area contributed by atoms with Crippen LogP contribution in [0.25, 0.3) is 0 Å². The molecule has 0 amide bonds. The Morgan fingerprint density at radius 3 is 2.26 bits per heavy atom. The van der Waals surface area contributed by atoms with Crippen molar-refractivity contribution < 1.29 is 14.3 Å². The normalized spacial score (nSPS) is 20.8. The summed E-state index contributed by atoms with van der Waals surface area (Å²) < 4.78 is 5.46. The van der Waals surface area contributed by atoms with Crippen molar-refractivity contribution in [1.29, 1.82) is 0 Å². The van der Waals surface area contributed by atoms with Gasteiger partial charge in [0.1, 0.15) is 0 Å². The summed E-state index contributed by atoms with van der Waals surface area (Å²) in [4.78, 5) is 24.1. The van der Waals surface area contributed by atoms with Crippen molar-refractivity contribution in [2.75, 3.05) is 6.54 Å². The van der Waals surface area contributed by atoms with Crippen LogP contribution in [0.1, 0.15) is 53.4 Å². The first kappa shape index (κ1) is 16.2. The number of ketones is 1. The van der Waals surface area contributed by atoms with Crippen molar-refractivity contribution in [3.8, 4) is 0 Å². The van der Waals surface area contributed by atoms with Gasteiger partial charge >= 0.3 is 5.97 Å². The maximum atomic E-state index is 12.2. The maximum Gasteiger partial charge on any atom is 0.306 e. The molecule has 110 valence electrons. The zero-order valence-electron chi connectivity index (χ0n) is 12.6. The second-order valence-corrected chi connectivity index (χ2v) is 6.28. The zero-order valence-corrected chi connectivity index (χ0v) is 12.6. The van der Waals surface area contributed by atoms with Gasteiger partial charge in [-0.3, -0.25) is 9.59 Å². The van der Waals surface area contributed by atoms with Gasteiger partial charge in [0.25, 0.3) is 0 Å². The number of esters is 1. The summed E-state index contributed by atoms with van der Waals surface area (Å²) >= 11 is 0. The van der Waals surface area contributed by atoms with Crippen LogP contribution in [0.2, 0.25) is 0 Å². The minimum absolute atomic E-state index is 0.00219. The fourth-order valence-corrected chi connectivity index (χ4v) is 2.38. The molecule has 4 heteroatoms. The molecule has 0 radical (unpaired) electrons. The summed E-state index contributed by atoms with van der Waals surface area (Å²) in [5.74, 6) is 0.336. The molecule has 4 nitrogen and oxygen atoms in total. The van der Waals surface area contributed by atoms with Gasteiger partial charge in [0.15, 0.2) is 11.9 Å². The predicted molar refractivity (Wildman–Crippen MR) is 74.8 cm³/mol. The van der Waals surface area contributed by atoms with Gasteiger partial charge in [-0.15, -0.1) is 0 Å². The first-order valence-corrected chi connectivity index (χ1v) is 7.35. The van der Waals surface area contributed by atoms with Crippen LogP contribution in [0, 0.1) is 11.8 Å². The first-order chi connectivity index (χ1) is 8.90. The van der Waals surface area contributed by atoms with Crippen LogP contribution in [0.15, 0.2) is 0 Å². The highest BCUT2D eigenvalue weighted by Crippen LogP contribution is 2.17. The number of carbonyl (C=O) groups excluding carboxylic acids is 2. The highest BCUT2D eigenvalue weighted by molar-refractivity contribution is 5.86. The fraction of sp³-hybridized carbons (Fsp3) is 0.867. The quantitative estimate of drug-likeness (QED) is 0.721. The molecular weight excluding hydrogens is 242 g/mol. The molecule has 0 aromatic heterocycles. The Hall–Kier alpha value is -0.900. The van der Waals surface area contributed by atoms with Gasteiger partial charge < -0.3 is 10.1 Å². The lowest BCUT2D eigenvalue weighted by atomic mass is 9.97. The number of rotatable bonds is 7. The second-order valence-electron chi connectivity index (χ2n) is 6.28. The van der Waals surface area contributed by atoms with Crippen LogP contribution in [0.3, 0.4) is 0 Å². The molecule has 1 rings (SSSR count). The second kappa shape index (κ2) is 7.63. The van der Waals surface area contributed by atoms with Crippen molar-refractivity contribution in [3.63, 3.8) is 0 Å². The Bertz CT molecular complexity index is 307. The van der Waals surface area contributed by atoms with Crippen LogP contribution in [0.4, 0.5) is 0 Å². The predicted octanol–water partition coefficient (Wildman–Crippen LogP) is 2.31. The summed E-state index contributed by atoms with van der Waals surface area (Å²) in [5.41, 5.74) is 0. The third-order valence-electron chi connectivity index (χ3n) is 3.22. The van der Waals surface area contributed by atoms with Crippen molar-refractivity contribution in [1.82, 2.24) is 5.32 Å². The van der Waals surface area contributed by atoms with Crippen LogP contribution < -0.4 is 5.32 Å². The molecule has 1 fully saturated rings. The van der Waals surface area contributed by atoms with E-state index in [-0.39, 0.29) is 23.7 Å². The number of carbonyl (C=O) groups is 2. The third-order valence-corrected chi connectivity index (χ3v) is 3.22. The van der Waals surface area contributed by atoms with Gasteiger partial charge in [-0.25, -0.2) is 0 Å². The van der Waals surface area contributed by atoms with Crippen molar-refractivity contribution in [3.05, 3.63) is 0 Å². The van der Waals surface area contributed by atoms with E-state index in [2.05, 4.69) is 5.32 Å². The van der Waals surface area contributed by atoms with Gasteiger partial charge in [-0.2, -0.15) is 0 Å². The maximum absolute atomic E-state index is 12.2. The molecule has 1 N–H and O–H groups in total. The standard InChI is InChI=1S/C15H27NO3/c1-10(2)8-13(17)15(12-6-5-7-16-12)19-14(18)9-11(3)4/h10-12,15-16H,5-9H2,1-4H3. The van der Waals surface area contributed by atoms with Crippen LogP contribution in [0.5, 0.6) is 0 Å². The number of nitrogens with one attached hydrogen (secondary N) is 1. The highest BCUT2D eigenvalue weighted by atomic mass is 16.5. The summed E-state index contributed by atoms with van der Waals surface area (Å²) in [6, 6.07) is 0.00219. The van der Waals surface area contributed by atoms with E-state index in [1.807, 2.05) is 27.7 Å². The number of ether oxygens (including phenoxy) is 1. The molecule has 1 saturated heterocycles. The molecule has 1 aliphatic rings. The van der Waals surface area contributed by atoms with E-state index >= 15 is 0 Å². The van der Waals surface area contributed by atoms with Gasteiger partial charge in [0.05, 0.1) is 6.04 Å². The van der Waals surface area contributed by atoms with E-state index < -0.39 is 6.10 Å². The molecule has 1 aliphatic heterocycles. The zero-order chi connectivity index (χ0) is 14.4. The molecule has 0 spiro atoms. The number of hydrogen-bond donors (Lipinski definition) is 1. The van der Waals surface area contributed by atoms with E-state index in [9.17, 15) is 9.59 Å². The number of hydrogen-bond acceptors (Lipinski definition) is 4. The largest absolute Gasteiger partial charge is 0.453 e. The molecule has 2 unspecified atom stereocenters. The van der Waals surface area contributed by atoms with E-state index in [4.69, 9.17) is 4.74 Å². The minimum atomic E-state index is -0.601. The summed E-state index contributed by atoms with van der Waals surface area (Å²) in [7, 11) is 0. The Morgan fingerprint density at radius 2 is 1.79 bits per heavy atom. The Labute approximate surface area is 116 Å². The Morgan fingerprint density at radius 1 is 1.16 bits per heavy atom. The van der Waals surface area contributed by atoms with Crippen molar-refractivity contribution in [2.24, 2.45) is 11.8 Å². The van der Waals surface area contributed by atoms with E-state index in [0.29, 0.717) is 18.8 Å². The first-order valence-electron chi connectivity index (χ1n) is 7.35. The topological polar surface area (TPSA) is 55.4 Å². The molecule has 19 heavy (non-hydrogen) atoms. The van der Waals surface area contributed by atoms with Crippen molar-refractivity contribution >= 4 is 11.8 Å². The monoisotopic (exact) mass is 269 g/mol. The third kappa shape index (κ3) is 5.72. The van der Waals surface area contributed by atoms with Crippen molar-refractivity contribution in [2.45, 2.75) is 65.5 Å². The highest BCUT2D eigenvalue weighted by Gasteiger charge is 2.33. The molecule has 0 aliphatic carbocycles. The van der Waals surface area contributed by atoms with Crippen LogP contribution >= 0.6 is 0 Å². The van der Waals surface area contributed by atoms with Gasteiger partial charge in [0, 0.05) is 12.8 Å². The molecule has 0 aromatic carbocycles. The van der Waals surface area contributed by atoms with E-state index in [1.54, 1.807) is 0 Å². The molecular formula is C15H27NO3. The summed E-state index contributed by atoms with van der Waals surface area (Å²) in [5, 5.41) is 3.27. The molecule has 2 atom stereocenters. The Kier molecular flexibility index (Phi) is 6.49. The minimum Gasteiger partial charge on any atom is -0.453 e. The lowest BCUT2D eigenvalue weighted by molar-refractivity contribution is -0.157. The number of Topliss-reactive ketones (excluding diaryl/α,β-unsaturated/α-hetero) is 1. The van der Waals surface area contributed by atoms with E-state index in [1.165, 1.54) is 0 Å². The average Bonchev–Trinajstić information content (AvgIpc) is 2.76.